The molecule has 1 N–H and O–H groups in total. The molecule has 0 aliphatic carbocycles. The molecule has 0 aliphatic rings. The van der Waals surface area contributed by atoms with E-state index in [9.17, 15) is 27.6 Å². The molecule has 7 nitrogen and oxygen atoms in total. The fourth-order valence-electron chi connectivity index (χ4n) is 3.14. The van der Waals surface area contributed by atoms with Crippen LogP contribution in [0, 0.1) is 0 Å². The monoisotopic (exact) mass is 585 g/mol. The molecule has 0 saturated carbocycles. The summed E-state index contributed by atoms with van der Waals surface area (Å²) in [4.78, 5) is 37.2. The molecule has 0 fully saturated rings. The minimum absolute atomic E-state index is 0.0726. The van der Waals surface area contributed by atoms with Gasteiger partial charge in [-0.3, -0.25) is 4.79 Å². The van der Waals surface area contributed by atoms with Crippen molar-refractivity contribution in [2.24, 2.45) is 0 Å². The van der Waals surface area contributed by atoms with E-state index in [4.69, 9.17) is 14.2 Å². The lowest BCUT2D eigenvalue weighted by atomic mass is 10.1. The highest BCUT2D eigenvalue weighted by Gasteiger charge is 2.35. The minimum atomic E-state index is -4.69. The first-order valence-electron chi connectivity index (χ1n) is 10.3. The highest BCUT2D eigenvalue weighted by molar-refractivity contribution is 9.10. The topological polar surface area (TPSA) is 90.9 Å². The highest BCUT2D eigenvalue weighted by Crippen LogP contribution is 2.46. The Kier molecular flexibility index (Phi) is 8.75. The Hall–Kier alpha value is -3.38. The first-order chi connectivity index (χ1) is 17.1. The van der Waals surface area contributed by atoms with E-state index in [2.05, 4.69) is 21.2 Å². The summed E-state index contributed by atoms with van der Waals surface area (Å²) in [6.45, 7) is 1.36. The highest BCUT2D eigenvalue weighted by atomic mass is 79.9. The number of rotatable bonds is 8. The Morgan fingerprint density at radius 3 is 2.47 bits per heavy atom. The second-order valence-electron chi connectivity index (χ2n) is 7.07. The molecule has 2 aromatic carbocycles. The Morgan fingerprint density at radius 2 is 1.81 bits per heavy atom. The quantitative estimate of drug-likeness (QED) is 0.317. The van der Waals surface area contributed by atoms with E-state index >= 15 is 0 Å². The van der Waals surface area contributed by atoms with Gasteiger partial charge in [0.1, 0.15) is 0 Å². The fourth-order valence-corrected chi connectivity index (χ4v) is 5.10. The van der Waals surface area contributed by atoms with Crippen LogP contribution in [0.25, 0.3) is 10.4 Å². The first-order valence-corrected chi connectivity index (χ1v) is 11.9. The molecule has 0 radical (unpaired) electrons. The van der Waals surface area contributed by atoms with E-state index in [1.807, 2.05) is 0 Å². The Balaban J connectivity index is 1.93. The van der Waals surface area contributed by atoms with Crippen molar-refractivity contribution < 1.29 is 41.8 Å². The van der Waals surface area contributed by atoms with Gasteiger partial charge in [0.15, 0.2) is 17.2 Å². The molecule has 36 heavy (non-hydrogen) atoms. The van der Waals surface area contributed by atoms with Crippen LogP contribution in [-0.4, -0.2) is 38.2 Å². The lowest BCUT2D eigenvalue weighted by Gasteiger charge is -2.13. The number of carbonyl (C=O) groups is 3. The SMILES string of the molecule is CCOC(=O)COc1c(C(=O)OC)sc(-c2cccc(NC(=O)c3ccccc3C(F)(F)F)c2)c1Br. The summed E-state index contributed by atoms with van der Waals surface area (Å²) in [5.41, 5.74) is -0.825. The smallest absolute Gasteiger partial charge is 0.417 e. The van der Waals surface area contributed by atoms with E-state index in [1.165, 1.54) is 31.4 Å². The zero-order valence-corrected chi connectivity index (χ0v) is 21.3. The number of amides is 1. The van der Waals surface area contributed by atoms with Crippen LogP contribution in [0.3, 0.4) is 0 Å². The number of nitrogens with one attached hydrogen (secondary N) is 1. The summed E-state index contributed by atoms with van der Waals surface area (Å²) in [7, 11) is 1.19. The average molecular weight is 586 g/mol. The minimum Gasteiger partial charge on any atom is -0.479 e. The second-order valence-corrected chi connectivity index (χ2v) is 8.88. The number of thiophene rings is 1. The van der Waals surface area contributed by atoms with Crippen molar-refractivity contribution in [2.75, 3.05) is 25.6 Å². The van der Waals surface area contributed by atoms with Crippen molar-refractivity contribution in [1.29, 1.82) is 0 Å². The molecular formula is C24H19BrF3NO6S. The number of hydrogen-bond acceptors (Lipinski definition) is 7. The molecule has 1 heterocycles. The van der Waals surface area contributed by atoms with Crippen molar-refractivity contribution >= 4 is 50.8 Å². The largest absolute Gasteiger partial charge is 0.479 e. The molecule has 0 unspecified atom stereocenters. The van der Waals surface area contributed by atoms with E-state index in [-0.39, 0.29) is 22.9 Å². The summed E-state index contributed by atoms with van der Waals surface area (Å²) in [6, 6.07) is 10.8. The maximum absolute atomic E-state index is 13.3. The summed E-state index contributed by atoms with van der Waals surface area (Å²) in [6.07, 6.45) is -4.69. The van der Waals surface area contributed by atoms with Gasteiger partial charge in [-0.1, -0.05) is 24.3 Å². The summed E-state index contributed by atoms with van der Waals surface area (Å²) < 4.78 is 55.4. The molecule has 190 valence electrons. The van der Waals surface area contributed by atoms with Crippen molar-refractivity contribution in [1.82, 2.24) is 0 Å². The lowest BCUT2D eigenvalue weighted by Crippen LogP contribution is -2.18. The van der Waals surface area contributed by atoms with Crippen molar-refractivity contribution in [3.05, 3.63) is 69.0 Å². The van der Waals surface area contributed by atoms with Gasteiger partial charge in [-0.05, 0) is 52.7 Å². The first kappa shape index (κ1) is 27.2. The van der Waals surface area contributed by atoms with Gasteiger partial charge in [0.25, 0.3) is 5.91 Å². The third kappa shape index (κ3) is 6.24. The number of benzene rings is 2. The van der Waals surface area contributed by atoms with Gasteiger partial charge in [0.2, 0.25) is 0 Å². The molecule has 0 spiro atoms. The lowest BCUT2D eigenvalue weighted by molar-refractivity contribution is -0.145. The predicted octanol–water partition coefficient (Wildman–Crippen LogP) is 6.18. The summed E-state index contributed by atoms with van der Waals surface area (Å²) in [5, 5.41) is 2.48. The molecule has 1 amide bonds. The molecule has 3 aromatic rings. The van der Waals surface area contributed by atoms with Crippen LogP contribution in [0.5, 0.6) is 5.75 Å². The third-order valence-corrected chi connectivity index (χ3v) is 6.90. The van der Waals surface area contributed by atoms with Crippen LogP contribution in [0.15, 0.2) is 53.0 Å². The van der Waals surface area contributed by atoms with Gasteiger partial charge in [-0.2, -0.15) is 13.2 Å². The Morgan fingerprint density at radius 1 is 1.08 bits per heavy atom. The van der Waals surface area contributed by atoms with E-state index in [0.717, 1.165) is 23.5 Å². The zero-order valence-electron chi connectivity index (χ0n) is 18.9. The molecule has 0 aliphatic heterocycles. The number of halogens is 4. The molecule has 3 rings (SSSR count). The number of hydrogen-bond donors (Lipinski definition) is 1. The third-order valence-electron chi connectivity index (χ3n) is 4.68. The fraction of sp³-hybridized carbons (Fsp3) is 0.208. The van der Waals surface area contributed by atoms with E-state index < -0.39 is 41.8 Å². The maximum Gasteiger partial charge on any atom is 0.417 e. The number of ether oxygens (including phenoxy) is 3. The molecule has 12 heteroatoms. The number of anilines is 1. The molecule has 0 bridgehead atoms. The van der Waals surface area contributed by atoms with Gasteiger partial charge in [-0.25, -0.2) is 9.59 Å². The Labute approximate surface area is 216 Å². The second kappa shape index (κ2) is 11.6. The van der Waals surface area contributed by atoms with Gasteiger partial charge >= 0.3 is 18.1 Å². The van der Waals surface area contributed by atoms with Crippen molar-refractivity contribution in [3.63, 3.8) is 0 Å². The standard InChI is InChI=1S/C24H19BrF3NO6S/c1-3-34-17(30)12-35-19-18(25)20(36-21(19)23(32)33-2)13-7-6-8-14(11-13)29-22(31)15-9-4-5-10-16(15)24(26,27)28/h4-11H,3,12H2,1-2H3,(H,29,31). The molecular weight excluding hydrogens is 567 g/mol. The van der Waals surface area contributed by atoms with Crippen molar-refractivity contribution in [2.45, 2.75) is 13.1 Å². The van der Waals surface area contributed by atoms with Crippen LogP contribution in [-0.2, 0) is 20.4 Å². The molecule has 0 saturated heterocycles. The number of methoxy groups -OCH3 is 1. The van der Waals surface area contributed by atoms with E-state index in [1.54, 1.807) is 19.1 Å². The van der Waals surface area contributed by atoms with Crippen molar-refractivity contribution in [3.8, 4) is 16.2 Å². The molecule has 1 aromatic heterocycles. The predicted molar refractivity (Wildman–Crippen MR) is 130 cm³/mol. The summed E-state index contributed by atoms with van der Waals surface area (Å²) in [5.74, 6) is -2.18. The van der Waals surface area contributed by atoms with Gasteiger partial charge < -0.3 is 19.5 Å². The number of alkyl halides is 3. The average Bonchev–Trinajstić information content (AvgIpc) is 3.18. The van der Waals surface area contributed by atoms with Crippen LogP contribution in [0.1, 0.15) is 32.5 Å². The van der Waals surface area contributed by atoms with Crippen LogP contribution in [0.4, 0.5) is 18.9 Å². The van der Waals surface area contributed by atoms with Gasteiger partial charge in [-0.15, -0.1) is 11.3 Å². The van der Waals surface area contributed by atoms with E-state index in [0.29, 0.717) is 14.9 Å². The van der Waals surface area contributed by atoms with Gasteiger partial charge in [0.05, 0.1) is 34.2 Å². The zero-order chi connectivity index (χ0) is 26.5. The Bertz CT molecular complexity index is 1290. The number of esters is 2. The van der Waals surface area contributed by atoms with Crippen LogP contribution in [0.2, 0.25) is 0 Å². The summed E-state index contributed by atoms with van der Waals surface area (Å²) >= 11 is 4.39. The normalized spacial score (nSPS) is 11.1. The van der Waals surface area contributed by atoms with Gasteiger partial charge in [0, 0.05) is 5.69 Å². The molecule has 0 atom stereocenters. The van der Waals surface area contributed by atoms with Crippen LogP contribution >= 0.6 is 27.3 Å². The number of carbonyl (C=O) groups excluding carboxylic acids is 3. The van der Waals surface area contributed by atoms with Crippen LogP contribution < -0.4 is 10.1 Å². The maximum atomic E-state index is 13.3.